The molecule has 1 aromatic rings. The number of aryl methyl sites for hydroxylation is 2. The Morgan fingerprint density at radius 1 is 1.09 bits per heavy atom. The van der Waals surface area contributed by atoms with Crippen LogP contribution in [0.1, 0.15) is 56.2 Å². The van der Waals surface area contributed by atoms with Gasteiger partial charge >= 0.3 is 0 Å². The minimum atomic E-state index is -3.73. The zero-order valence-corrected chi connectivity index (χ0v) is 21.0. The molecule has 0 spiro atoms. The summed E-state index contributed by atoms with van der Waals surface area (Å²) in [5.41, 5.74) is 3.57. The van der Waals surface area contributed by atoms with Crippen molar-refractivity contribution in [3.05, 3.63) is 40.5 Å². The first-order valence-electron chi connectivity index (χ1n) is 12.1. The van der Waals surface area contributed by atoms with E-state index in [9.17, 15) is 13.2 Å². The van der Waals surface area contributed by atoms with Crippen molar-refractivity contribution in [1.82, 2.24) is 15.1 Å². The number of carbonyl (C=O) groups is 1. The zero-order valence-electron chi connectivity index (χ0n) is 20.2. The van der Waals surface area contributed by atoms with Gasteiger partial charge in [0, 0.05) is 37.2 Å². The highest BCUT2D eigenvalue weighted by Gasteiger charge is 2.36. The van der Waals surface area contributed by atoms with Crippen molar-refractivity contribution >= 4 is 26.7 Å². The SMILES string of the molecule is CCN1CCC[C@@H]1CNC(=O)C1CCN(C2=NS(=O)(=O)C(c3ccc(C)c(C)c3)=C2C)CC1. The number of carbonyl (C=O) groups excluding carboxylic acids is 1. The van der Waals surface area contributed by atoms with Crippen molar-refractivity contribution in [1.29, 1.82) is 0 Å². The van der Waals surface area contributed by atoms with Crippen LogP contribution in [0.5, 0.6) is 0 Å². The molecule has 0 radical (unpaired) electrons. The molecule has 3 aliphatic rings. The zero-order chi connectivity index (χ0) is 23.8. The van der Waals surface area contributed by atoms with E-state index < -0.39 is 10.0 Å². The van der Waals surface area contributed by atoms with Crippen LogP contribution < -0.4 is 5.32 Å². The summed E-state index contributed by atoms with van der Waals surface area (Å²) in [4.78, 5) is 17.5. The molecule has 2 fully saturated rings. The monoisotopic (exact) mass is 472 g/mol. The van der Waals surface area contributed by atoms with Gasteiger partial charge in [0.05, 0.1) is 0 Å². The van der Waals surface area contributed by atoms with Crippen LogP contribution in [0, 0.1) is 19.8 Å². The van der Waals surface area contributed by atoms with E-state index in [1.54, 1.807) is 0 Å². The lowest BCUT2D eigenvalue weighted by Gasteiger charge is -2.33. The molecule has 3 heterocycles. The Hall–Kier alpha value is -2.19. The lowest BCUT2D eigenvalue weighted by atomic mass is 9.95. The van der Waals surface area contributed by atoms with Crippen molar-refractivity contribution in [2.75, 3.05) is 32.7 Å². The van der Waals surface area contributed by atoms with Crippen molar-refractivity contribution < 1.29 is 13.2 Å². The maximum atomic E-state index is 12.9. The quantitative estimate of drug-likeness (QED) is 0.712. The van der Waals surface area contributed by atoms with Crippen LogP contribution >= 0.6 is 0 Å². The summed E-state index contributed by atoms with van der Waals surface area (Å²) in [7, 11) is -3.73. The number of sulfonamides is 1. The standard InChI is InChI=1S/C25H36N4O3S/c1-5-28-12-6-7-22(28)16-26-25(30)20-10-13-29(14-11-20)24-19(4)23(33(31,32)27-24)21-9-8-17(2)18(3)15-21/h8-9,15,20,22H,5-7,10-14,16H2,1-4H3,(H,26,30)/t22-/m1/s1. The third-order valence-electron chi connectivity index (χ3n) is 7.49. The highest BCUT2D eigenvalue weighted by atomic mass is 32.2. The summed E-state index contributed by atoms with van der Waals surface area (Å²) in [5.74, 6) is 0.633. The van der Waals surface area contributed by atoms with E-state index in [2.05, 4.69) is 21.5 Å². The number of nitrogens with zero attached hydrogens (tertiary/aromatic N) is 3. The van der Waals surface area contributed by atoms with Gasteiger partial charge in [0.1, 0.15) is 10.7 Å². The number of hydrogen-bond donors (Lipinski definition) is 1. The largest absolute Gasteiger partial charge is 0.356 e. The minimum Gasteiger partial charge on any atom is -0.356 e. The predicted octanol–water partition coefficient (Wildman–Crippen LogP) is 3.09. The molecule has 2 saturated heterocycles. The van der Waals surface area contributed by atoms with E-state index in [4.69, 9.17) is 0 Å². The van der Waals surface area contributed by atoms with Crippen molar-refractivity contribution in [3.8, 4) is 0 Å². The summed E-state index contributed by atoms with van der Waals surface area (Å²) in [6.45, 7) is 12.2. The number of amides is 1. The highest BCUT2D eigenvalue weighted by molar-refractivity contribution is 8.00. The molecule has 1 amide bonds. The second-order valence-corrected chi connectivity index (χ2v) is 11.1. The fourth-order valence-electron chi connectivity index (χ4n) is 5.32. The van der Waals surface area contributed by atoms with Crippen LogP contribution in [-0.4, -0.2) is 68.7 Å². The first kappa shape index (κ1) is 24.0. The molecular weight excluding hydrogens is 436 g/mol. The fraction of sp³-hybridized carbons (Fsp3) is 0.600. The van der Waals surface area contributed by atoms with Crippen molar-refractivity contribution in [2.24, 2.45) is 10.3 Å². The third-order valence-corrected chi connectivity index (χ3v) is 8.96. The van der Waals surface area contributed by atoms with E-state index in [1.807, 2.05) is 43.9 Å². The van der Waals surface area contributed by atoms with Crippen LogP contribution in [0.4, 0.5) is 0 Å². The lowest BCUT2D eigenvalue weighted by Crippen LogP contribution is -2.46. The van der Waals surface area contributed by atoms with Crippen LogP contribution in [0.3, 0.4) is 0 Å². The Balaban J connectivity index is 1.39. The summed E-state index contributed by atoms with van der Waals surface area (Å²) >= 11 is 0. The summed E-state index contributed by atoms with van der Waals surface area (Å²) < 4.78 is 30.0. The van der Waals surface area contributed by atoms with Crippen LogP contribution in [0.15, 0.2) is 28.2 Å². The van der Waals surface area contributed by atoms with E-state index in [-0.39, 0.29) is 11.8 Å². The Kier molecular flexibility index (Phi) is 6.96. The van der Waals surface area contributed by atoms with E-state index in [1.165, 1.54) is 6.42 Å². The summed E-state index contributed by atoms with van der Waals surface area (Å²) in [6.07, 6.45) is 3.77. The van der Waals surface area contributed by atoms with Gasteiger partial charge in [-0.15, -0.1) is 4.40 Å². The number of hydrogen-bond acceptors (Lipinski definition) is 5. The first-order chi connectivity index (χ1) is 15.7. The third kappa shape index (κ3) is 4.87. The van der Waals surface area contributed by atoms with Gasteiger partial charge in [-0.2, -0.15) is 8.42 Å². The van der Waals surface area contributed by atoms with Gasteiger partial charge in [-0.25, -0.2) is 0 Å². The average molecular weight is 473 g/mol. The van der Waals surface area contributed by atoms with E-state index >= 15 is 0 Å². The second-order valence-electron chi connectivity index (χ2n) is 9.57. The number of likely N-dealkylation sites (N-methyl/N-ethyl adjacent to an activating group) is 1. The average Bonchev–Trinajstić information content (AvgIpc) is 3.35. The van der Waals surface area contributed by atoms with Crippen LogP contribution in [-0.2, 0) is 14.8 Å². The Morgan fingerprint density at radius 2 is 1.82 bits per heavy atom. The lowest BCUT2D eigenvalue weighted by molar-refractivity contribution is -0.126. The fourth-order valence-corrected chi connectivity index (χ4v) is 6.80. The Labute approximate surface area is 198 Å². The summed E-state index contributed by atoms with van der Waals surface area (Å²) in [6, 6.07) is 6.19. The van der Waals surface area contributed by atoms with Gasteiger partial charge in [-0.1, -0.05) is 25.1 Å². The molecule has 7 nitrogen and oxygen atoms in total. The highest BCUT2D eigenvalue weighted by Crippen LogP contribution is 2.35. The molecule has 180 valence electrons. The predicted molar refractivity (Wildman–Crippen MR) is 132 cm³/mol. The number of piperidine rings is 1. The van der Waals surface area contributed by atoms with Gasteiger partial charge in [0.2, 0.25) is 5.91 Å². The summed E-state index contributed by atoms with van der Waals surface area (Å²) in [5, 5.41) is 3.17. The smallest absolute Gasteiger partial charge is 0.285 e. The molecular formula is C25H36N4O3S. The van der Waals surface area contributed by atoms with Gasteiger partial charge in [0.25, 0.3) is 10.0 Å². The number of nitrogens with one attached hydrogen (secondary N) is 1. The molecule has 1 N–H and O–H groups in total. The van der Waals surface area contributed by atoms with Crippen molar-refractivity contribution in [3.63, 3.8) is 0 Å². The first-order valence-corrected chi connectivity index (χ1v) is 13.6. The van der Waals surface area contributed by atoms with Crippen LogP contribution in [0.25, 0.3) is 4.91 Å². The van der Waals surface area contributed by atoms with Crippen molar-refractivity contribution in [2.45, 2.75) is 59.4 Å². The van der Waals surface area contributed by atoms with Gasteiger partial charge < -0.3 is 10.2 Å². The topological polar surface area (TPSA) is 82.1 Å². The molecule has 33 heavy (non-hydrogen) atoms. The van der Waals surface area contributed by atoms with Crippen LogP contribution in [0.2, 0.25) is 0 Å². The molecule has 8 heteroatoms. The Bertz CT molecular complexity index is 1080. The normalized spacial score (nSPS) is 23.8. The number of likely N-dealkylation sites (tertiary alicyclic amines) is 2. The number of amidine groups is 1. The van der Waals surface area contributed by atoms with Gasteiger partial charge in [0.15, 0.2) is 0 Å². The Morgan fingerprint density at radius 3 is 2.48 bits per heavy atom. The maximum Gasteiger partial charge on any atom is 0.285 e. The molecule has 1 aromatic carbocycles. The number of rotatable bonds is 5. The van der Waals surface area contributed by atoms with Gasteiger partial charge in [-0.3, -0.25) is 9.69 Å². The molecule has 1 atom stereocenters. The molecule has 0 aliphatic carbocycles. The number of benzene rings is 1. The van der Waals surface area contributed by atoms with E-state index in [0.29, 0.717) is 53.9 Å². The minimum absolute atomic E-state index is 0.0279. The second kappa shape index (κ2) is 9.58. The molecule has 4 rings (SSSR count). The van der Waals surface area contributed by atoms with Gasteiger partial charge in [-0.05, 0) is 76.2 Å². The maximum absolute atomic E-state index is 12.9. The molecule has 0 aromatic heterocycles. The molecule has 0 unspecified atom stereocenters. The van der Waals surface area contributed by atoms with E-state index in [0.717, 1.165) is 37.2 Å². The molecule has 0 saturated carbocycles. The molecule has 0 bridgehead atoms. The molecule has 3 aliphatic heterocycles.